The van der Waals surface area contributed by atoms with Gasteiger partial charge in [0.25, 0.3) is 5.91 Å². The van der Waals surface area contributed by atoms with Crippen LogP contribution < -0.4 is 9.62 Å². The number of rotatable bonds is 6. The summed E-state index contributed by atoms with van der Waals surface area (Å²) in [6, 6.07) is 9.03. The van der Waals surface area contributed by atoms with Crippen molar-refractivity contribution in [1.82, 2.24) is 5.32 Å². The van der Waals surface area contributed by atoms with Crippen molar-refractivity contribution in [2.45, 2.75) is 0 Å². The summed E-state index contributed by atoms with van der Waals surface area (Å²) in [4.78, 5) is 11.9. The monoisotopic (exact) mass is 397 g/mol. The second kappa shape index (κ2) is 8.09. The highest BCUT2D eigenvalue weighted by Gasteiger charge is 2.20. The molecule has 0 aromatic heterocycles. The van der Waals surface area contributed by atoms with Crippen molar-refractivity contribution in [3.8, 4) is 6.07 Å². The summed E-state index contributed by atoms with van der Waals surface area (Å²) in [6.45, 7) is -0.411. The molecule has 0 fully saturated rings. The van der Waals surface area contributed by atoms with Gasteiger partial charge in [-0.1, -0.05) is 0 Å². The third kappa shape index (κ3) is 4.77. The van der Waals surface area contributed by atoms with E-state index in [1.165, 1.54) is 24.3 Å². The first kappa shape index (κ1) is 20.3. The fourth-order valence-electron chi connectivity index (χ4n) is 2.26. The largest absolute Gasteiger partial charge is 0.350 e. The minimum atomic E-state index is -3.71. The second-order valence-electron chi connectivity index (χ2n) is 5.47. The molecule has 0 radical (unpaired) electrons. The van der Waals surface area contributed by atoms with Crippen LogP contribution in [0.15, 0.2) is 36.4 Å². The topological polar surface area (TPSA) is 90.3 Å². The standard InChI is InChI=1S/C17H14F3N3O3S/c1-27(25,26)23(12-4-2-11(10-21)3-5-12)9-8-22-17(24)13-6-7-14(18)16(20)15(13)19/h2-7H,8-9H2,1H3,(H,22,24). The van der Waals surface area contributed by atoms with Crippen molar-refractivity contribution in [3.05, 3.63) is 65.0 Å². The van der Waals surface area contributed by atoms with Crippen LogP contribution in [0.25, 0.3) is 0 Å². The Labute approximate surface area is 153 Å². The molecule has 0 unspecified atom stereocenters. The van der Waals surface area contributed by atoms with Gasteiger partial charge in [-0.05, 0) is 36.4 Å². The van der Waals surface area contributed by atoms with Crippen LogP contribution in [0.3, 0.4) is 0 Å². The van der Waals surface area contributed by atoms with Gasteiger partial charge in [-0.2, -0.15) is 5.26 Å². The number of hydrogen-bond acceptors (Lipinski definition) is 4. The van der Waals surface area contributed by atoms with Crippen molar-refractivity contribution in [2.24, 2.45) is 0 Å². The summed E-state index contributed by atoms with van der Waals surface area (Å²) in [7, 11) is -3.71. The van der Waals surface area contributed by atoms with E-state index in [1.807, 2.05) is 6.07 Å². The lowest BCUT2D eigenvalue weighted by molar-refractivity contribution is 0.0949. The molecule has 2 aromatic carbocycles. The SMILES string of the molecule is CS(=O)(=O)N(CCNC(=O)c1ccc(F)c(F)c1F)c1ccc(C#N)cc1. The number of nitrogens with zero attached hydrogens (tertiary/aromatic N) is 2. The number of amides is 1. The van der Waals surface area contributed by atoms with Gasteiger partial charge in [-0.3, -0.25) is 9.10 Å². The van der Waals surface area contributed by atoms with Crippen molar-refractivity contribution >= 4 is 21.6 Å². The summed E-state index contributed by atoms with van der Waals surface area (Å²) in [6.07, 6.45) is 0.960. The van der Waals surface area contributed by atoms with Crippen LogP contribution in [0.2, 0.25) is 0 Å². The molecule has 0 heterocycles. The van der Waals surface area contributed by atoms with Crippen LogP contribution in [-0.2, 0) is 10.0 Å². The lowest BCUT2D eigenvalue weighted by Crippen LogP contribution is -2.38. The molecule has 0 aliphatic carbocycles. The van der Waals surface area contributed by atoms with Crippen LogP contribution in [0, 0.1) is 28.8 Å². The molecule has 0 aliphatic rings. The first-order valence-electron chi connectivity index (χ1n) is 7.54. The maximum Gasteiger partial charge on any atom is 0.254 e. The van der Waals surface area contributed by atoms with Gasteiger partial charge in [-0.25, -0.2) is 21.6 Å². The Morgan fingerprint density at radius 1 is 1.11 bits per heavy atom. The molecule has 6 nitrogen and oxygen atoms in total. The lowest BCUT2D eigenvalue weighted by Gasteiger charge is -2.22. The first-order chi connectivity index (χ1) is 12.6. The normalized spacial score (nSPS) is 10.9. The van der Waals surface area contributed by atoms with Crippen LogP contribution in [0.1, 0.15) is 15.9 Å². The zero-order valence-corrected chi connectivity index (χ0v) is 14.9. The van der Waals surface area contributed by atoms with Gasteiger partial charge in [0.1, 0.15) is 0 Å². The smallest absolute Gasteiger partial charge is 0.254 e. The predicted octanol–water partition coefficient (Wildman–Crippen LogP) is 2.17. The molecule has 27 heavy (non-hydrogen) atoms. The highest BCUT2D eigenvalue weighted by molar-refractivity contribution is 7.92. The zero-order valence-electron chi connectivity index (χ0n) is 14.0. The molecule has 142 valence electrons. The Bertz CT molecular complexity index is 1000. The number of carbonyl (C=O) groups excluding carboxylic acids is 1. The van der Waals surface area contributed by atoms with Gasteiger partial charge in [0.2, 0.25) is 10.0 Å². The zero-order chi connectivity index (χ0) is 20.2. The molecular formula is C17H14F3N3O3S. The second-order valence-corrected chi connectivity index (χ2v) is 7.38. The molecule has 0 atom stereocenters. The van der Waals surface area contributed by atoms with E-state index in [1.54, 1.807) is 0 Å². The van der Waals surface area contributed by atoms with Gasteiger partial charge in [-0.15, -0.1) is 0 Å². The molecule has 0 saturated carbocycles. The van der Waals surface area contributed by atoms with Crippen molar-refractivity contribution in [2.75, 3.05) is 23.7 Å². The molecule has 0 aliphatic heterocycles. The maximum atomic E-state index is 13.6. The van der Waals surface area contributed by atoms with E-state index in [-0.39, 0.29) is 18.8 Å². The third-order valence-electron chi connectivity index (χ3n) is 3.56. The van der Waals surface area contributed by atoms with Crippen LogP contribution in [0.4, 0.5) is 18.9 Å². The minimum absolute atomic E-state index is 0.193. The highest BCUT2D eigenvalue weighted by atomic mass is 32.2. The van der Waals surface area contributed by atoms with E-state index in [0.717, 1.165) is 16.6 Å². The summed E-state index contributed by atoms with van der Waals surface area (Å²) in [5.41, 5.74) is -0.0859. The Kier molecular flexibility index (Phi) is 6.07. The molecule has 2 aromatic rings. The number of nitrogens with one attached hydrogen (secondary N) is 1. The number of hydrogen-bond donors (Lipinski definition) is 1. The van der Waals surface area contributed by atoms with E-state index >= 15 is 0 Å². The van der Waals surface area contributed by atoms with E-state index in [0.29, 0.717) is 11.6 Å². The Balaban J connectivity index is 2.11. The fraction of sp³-hybridized carbons (Fsp3) is 0.176. The number of sulfonamides is 1. The van der Waals surface area contributed by atoms with Crippen LogP contribution in [0.5, 0.6) is 0 Å². The number of carbonyl (C=O) groups is 1. The number of nitriles is 1. The van der Waals surface area contributed by atoms with Gasteiger partial charge in [0.15, 0.2) is 17.5 Å². The fourth-order valence-corrected chi connectivity index (χ4v) is 3.18. The van der Waals surface area contributed by atoms with Crippen molar-refractivity contribution < 1.29 is 26.4 Å². The van der Waals surface area contributed by atoms with Gasteiger partial charge < -0.3 is 5.32 Å². The number of benzene rings is 2. The summed E-state index contributed by atoms with van der Waals surface area (Å²) in [5, 5.41) is 11.0. The molecule has 0 bridgehead atoms. The van der Waals surface area contributed by atoms with Gasteiger partial charge >= 0.3 is 0 Å². The quantitative estimate of drug-likeness (QED) is 0.757. The third-order valence-corrected chi connectivity index (χ3v) is 4.76. The molecular weight excluding hydrogens is 383 g/mol. The average molecular weight is 397 g/mol. The molecule has 10 heteroatoms. The average Bonchev–Trinajstić information content (AvgIpc) is 2.62. The summed E-state index contributed by atoms with van der Waals surface area (Å²) < 4.78 is 64.6. The van der Waals surface area contributed by atoms with Crippen LogP contribution >= 0.6 is 0 Å². The first-order valence-corrected chi connectivity index (χ1v) is 9.39. The molecule has 0 spiro atoms. The molecule has 0 saturated heterocycles. The van der Waals surface area contributed by atoms with Crippen LogP contribution in [-0.4, -0.2) is 33.7 Å². The molecule has 1 N–H and O–H groups in total. The van der Waals surface area contributed by atoms with Gasteiger partial charge in [0, 0.05) is 6.54 Å². The Hall–Kier alpha value is -3.06. The Morgan fingerprint density at radius 2 is 1.74 bits per heavy atom. The lowest BCUT2D eigenvalue weighted by atomic mass is 10.2. The summed E-state index contributed by atoms with van der Waals surface area (Å²) >= 11 is 0. The van der Waals surface area contributed by atoms with E-state index in [4.69, 9.17) is 5.26 Å². The van der Waals surface area contributed by atoms with E-state index in [2.05, 4.69) is 5.32 Å². The number of anilines is 1. The van der Waals surface area contributed by atoms with Gasteiger partial charge in [0.05, 0.1) is 35.7 Å². The van der Waals surface area contributed by atoms with E-state index < -0.39 is 38.9 Å². The maximum absolute atomic E-state index is 13.6. The minimum Gasteiger partial charge on any atom is -0.350 e. The van der Waals surface area contributed by atoms with Crippen molar-refractivity contribution in [1.29, 1.82) is 5.26 Å². The Morgan fingerprint density at radius 3 is 2.30 bits per heavy atom. The number of halogens is 3. The predicted molar refractivity (Wildman–Crippen MR) is 92.0 cm³/mol. The van der Waals surface area contributed by atoms with Crippen molar-refractivity contribution in [3.63, 3.8) is 0 Å². The highest BCUT2D eigenvalue weighted by Crippen LogP contribution is 2.18. The molecule has 1 amide bonds. The molecule has 2 rings (SSSR count). The van der Waals surface area contributed by atoms with E-state index in [9.17, 15) is 26.4 Å². The summed E-state index contributed by atoms with van der Waals surface area (Å²) in [5.74, 6) is -5.83.